The Balaban J connectivity index is 1.53. The number of carbonyl (C=O) groups is 1. The quantitative estimate of drug-likeness (QED) is 0.703. The summed E-state index contributed by atoms with van der Waals surface area (Å²) in [7, 11) is 0. The number of hydrogen-bond donors (Lipinski definition) is 1. The number of nitrogens with one attached hydrogen (secondary N) is 1. The average Bonchev–Trinajstić information content (AvgIpc) is 3.04. The molecule has 23 heavy (non-hydrogen) atoms. The van der Waals surface area contributed by atoms with Crippen LogP contribution in [0.1, 0.15) is 38.0 Å². The van der Waals surface area contributed by atoms with Crippen LogP contribution in [0.15, 0.2) is 17.5 Å². The summed E-state index contributed by atoms with van der Waals surface area (Å²) in [6, 6.07) is 4.32. The third kappa shape index (κ3) is 7.46. The number of hydrogen-bond acceptors (Lipinski definition) is 4. The predicted octanol–water partition coefficient (Wildman–Crippen LogP) is 3.14. The molecule has 1 fully saturated rings. The maximum Gasteiger partial charge on any atom is 0.222 e. The van der Waals surface area contributed by atoms with E-state index in [-0.39, 0.29) is 5.91 Å². The third-order valence-electron chi connectivity index (χ3n) is 4.18. The van der Waals surface area contributed by atoms with Crippen molar-refractivity contribution in [2.45, 2.75) is 39.7 Å². The van der Waals surface area contributed by atoms with Crippen molar-refractivity contribution in [1.29, 1.82) is 0 Å². The van der Waals surface area contributed by atoms with Crippen LogP contribution in [0.5, 0.6) is 0 Å². The number of likely N-dealkylation sites (tertiary alicyclic amines) is 1. The van der Waals surface area contributed by atoms with Gasteiger partial charge in [0.05, 0.1) is 6.61 Å². The standard InChI is InChI=1S/C18H30N2O2S/c1-15(2)14-22-10-7-18(21)19-12-16-5-8-20(9-6-16)13-17-4-3-11-23-17/h3-4,11,15-16H,5-10,12-14H2,1-2H3,(H,19,21). The SMILES string of the molecule is CC(C)COCCC(=O)NCC1CCN(Cc2cccs2)CC1. The molecule has 2 heterocycles. The zero-order chi connectivity index (χ0) is 16.5. The minimum atomic E-state index is 0.120. The van der Waals surface area contributed by atoms with Crippen molar-refractivity contribution in [2.24, 2.45) is 11.8 Å². The van der Waals surface area contributed by atoms with Crippen molar-refractivity contribution >= 4 is 17.2 Å². The maximum absolute atomic E-state index is 11.8. The highest BCUT2D eigenvalue weighted by Crippen LogP contribution is 2.20. The Morgan fingerprint density at radius 2 is 2.22 bits per heavy atom. The first-order valence-corrected chi connectivity index (χ1v) is 9.60. The molecular weight excluding hydrogens is 308 g/mol. The molecule has 1 aliphatic heterocycles. The lowest BCUT2D eigenvalue weighted by atomic mass is 9.96. The van der Waals surface area contributed by atoms with E-state index in [2.05, 4.69) is 41.6 Å². The van der Waals surface area contributed by atoms with Crippen LogP contribution >= 0.6 is 11.3 Å². The van der Waals surface area contributed by atoms with Gasteiger partial charge in [0.2, 0.25) is 5.91 Å². The van der Waals surface area contributed by atoms with Gasteiger partial charge in [0.15, 0.2) is 0 Å². The highest BCUT2D eigenvalue weighted by Gasteiger charge is 2.19. The Labute approximate surface area is 144 Å². The fourth-order valence-electron chi connectivity index (χ4n) is 2.80. The lowest BCUT2D eigenvalue weighted by Gasteiger charge is -2.31. The Morgan fingerprint density at radius 1 is 1.43 bits per heavy atom. The van der Waals surface area contributed by atoms with Gasteiger partial charge in [0, 0.05) is 31.0 Å². The lowest BCUT2D eigenvalue weighted by Crippen LogP contribution is -2.38. The van der Waals surface area contributed by atoms with Gasteiger partial charge in [-0.15, -0.1) is 11.3 Å². The Kier molecular flexibility index (Phi) is 8.06. The van der Waals surface area contributed by atoms with Gasteiger partial charge in [-0.2, -0.15) is 0 Å². The number of nitrogens with zero attached hydrogens (tertiary/aromatic N) is 1. The predicted molar refractivity (Wildman–Crippen MR) is 95.6 cm³/mol. The molecule has 1 amide bonds. The Hall–Kier alpha value is -0.910. The molecule has 1 aromatic rings. The van der Waals surface area contributed by atoms with Gasteiger partial charge in [-0.05, 0) is 49.2 Å². The van der Waals surface area contributed by atoms with Gasteiger partial charge in [-0.3, -0.25) is 9.69 Å². The van der Waals surface area contributed by atoms with Gasteiger partial charge < -0.3 is 10.1 Å². The number of piperidine rings is 1. The molecule has 1 saturated heterocycles. The average molecular weight is 339 g/mol. The second kappa shape index (κ2) is 10.1. The van der Waals surface area contributed by atoms with E-state index in [0.29, 0.717) is 24.9 Å². The molecule has 0 unspecified atom stereocenters. The summed E-state index contributed by atoms with van der Waals surface area (Å²) >= 11 is 1.83. The molecule has 1 N–H and O–H groups in total. The van der Waals surface area contributed by atoms with Crippen LogP contribution in [-0.4, -0.2) is 43.7 Å². The van der Waals surface area contributed by atoms with E-state index in [4.69, 9.17) is 4.74 Å². The summed E-state index contributed by atoms with van der Waals surface area (Å²) in [5.41, 5.74) is 0. The first-order valence-electron chi connectivity index (χ1n) is 8.72. The number of rotatable bonds is 9. The molecule has 4 nitrogen and oxygen atoms in total. The van der Waals surface area contributed by atoms with Crippen molar-refractivity contribution < 1.29 is 9.53 Å². The van der Waals surface area contributed by atoms with Crippen molar-refractivity contribution in [2.75, 3.05) is 32.8 Å². The van der Waals surface area contributed by atoms with Crippen LogP contribution in [0.25, 0.3) is 0 Å². The van der Waals surface area contributed by atoms with E-state index < -0.39 is 0 Å². The molecule has 0 aliphatic carbocycles. The zero-order valence-corrected chi connectivity index (χ0v) is 15.2. The van der Waals surface area contributed by atoms with E-state index in [1.807, 2.05) is 11.3 Å². The van der Waals surface area contributed by atoms with Crippen LogP contribution < -0.4 is 5.32 Å². The summed E-state index contributed by atoms with van der Waals surface area (Å²) in [5.74, 6) is 1.27. The largest absolute Gasteiger partial charge is 0.381 e. The number of amides is 1. The minimum absolute atomic E-state index is 0.120. The van der Waals surface area contributed by atoms with Crippen LogP contribution in [0.4, 0.5) is 0 Å². The normalized spacial score (nSPS) is 16.8. The summed E-state index contributed by atoms with van der Waals surface area (Å²) in [6.45, 7) is 9.65. The summed E-state index contributed by atoms with van der Waals surface area (Å²) in [5, 5.41) is 5.21. The molecular formula is C18H30N2O2S. The second-order valence-electron chi connectivity index (χ2n) is 6.82. The van der Waals surface area contributed by atoms with Gasteiger partial charge >= 0.3 is 0 Å². The van der Waals surface area contributed by atoms with Crippen molar-refractivity contribution in [1.82, 2.24) is 10.2 Å². The molecule has 0 aromatic carbocycles. The van der Waals surface area contributed by atoms with Crippen LogP contribution in [-0.2, 0) is 16.1 Å². The first-order chi connectivity index (χ1) is 11.1. The molecule has 0 spiro atoms. The summed E-state index contributed by atoms with van der Waals surface area (Å²) < 4.78 is 5.46. The molecule has 0 saturated carbocycles. The molecule has 0 bridgehead atoms. The van der Waals surface area contributed by atoms with Gasteiger partial charge in [-0.1, -0.05) is 19.9 Å². The highest BCUT2D eigenvalue weighted by atomic mass is 32.1. The molecule has 2 rings (SSSR count). The Bertz CT molecular complexity index is 440. The monoisotopic (exact) mass is 338 g/mol. The first kappa shape index (κ1) is 18.4. The van der Waals surface area contributed by atoms with Gasteiger partial charge in [0.25, 0.3) is 0 Å². The summed E-state index contributed by atoms with van der Waals surface area (Å²) in [6.07, 6.45) is 2.83. The van der Waals surface area contributed by atoms with Crippen molar-refractivity contribution in [3.05, 3.63) is 22.4 Å². The highest BCUT2D eigenvalue weighted by molar-refractivity contribution is 7.09. The van der Waals surface area contributed by atoms with E-state index in [9.17, 15) is 4.79 Å². The fraction of sp³-hybridized carbons (Fsp3) is 0.722. The van der Waals surface area contributed by atoms with Crippen LogP contribution in [0.3, 0.4) is 0 Å². The molecule has 1 aliphatic rings. The van der Waals surface area contributed by atoms with Crippen molar-refractivity contribution in [3.63, 3.8) is 0 Å². The molecule has 130 valence electrons. The van der Waals surface area contributed by atoms with Crippen LogP contribution in [0.2, 0.25) is 0 Å². The minimum Gasteiger partial charge on any atom is -0.381 e. The number of carbonyl (C=O) groups excluding carboxylic acids is 1. The van der Waals surface area contributed by atoms with E-state index in [0.717, 1.165) is 32.8 Å². The summed E-state index contributed by atoms with van der Waals surface area (Å²) in [4.78, 5) is 15.8. The van der Waals surface area contributed by atoms with E-state index >= 15 is 0 Å². The third-order valence-corrected chi connectivity index (χ3v) is 5.04. The molecule has 0 atom stereocenters. The van der Waals surface area contributed by atoms with Crippen LogP contribution in [0, 0.1) is 11.8 Å². The smallest absolute Gasteiger partial charge is 0.222 e. The topological polar surface area (TPSA) is 41.6 Å². The van der Waals surface area contributed by atoms with Gasteiger partial charge in [0.1, 0.15) is 0 Å². The second-order valence-corrected chi connectivity index (χ2v) is 7.85. The van der Waals surface area contributed by atoms with Gasteiger partial charge in [-0.25, -0.2) is 0 Å². The van der Waals surface area contributed by atoms with E-state index in [1.165, 1.54) is 17.7 Å². The number of ether oxygens (including phenoxy) is 1. The van der Waals surface area contributed by atoms with E-state index in [1.54, 1.807) is 0 Å². The Morgan fingerprint density at radius 3 is 2.87 bits per heavy atom. The molecule has 5 heteroatoms. The lowest BCUT2D eigenvalue weighted by molar-refractivity contribution is -0.122. The maximum atomic E-state index is 11.8. The zero-order valence-electron chi connectivity index (χ0n) is 14.4. The van der Waals surface area contributed by atoms with Crippen molar-refractivity contribution in [3.8, 4) is 0 Å². The number of thiophene rings is 1. The fourth-order valence-corrected chi connectivity index (χ4v) is 3.55. The molecule has 0 radical (unpaired) electrons. The molecule has 1 aromatic heterocycles.